The highest BCUT2D eigenvalue weighted by molar-refractivity contribution is 5.90. The molecule has 5 nitrogen and oxygen atoms in total. The zero-order valence-electron chi connectivity index (χ0n) is 12.3. The summed E-state index contributed by atoms with van der Waals surface area (Å²) in [5, 5.41) is 0. The van der Waals surface area contributed by atoms with Crippen molar-refractivity contribution in [1.29, 1.82) is 0 Å². The summed E-state index contributed by atoms with van der Waals surface area (Å²) in [4.78, 5) is 16.3. The summed E-state index contributed by atoms with van der Waals surface area (Å²) >= 11 is 0. The third-order valence-electron chi connectivity index (χ3n) is 3.31. The molecule has 0 unspecified atom stereocenters. The predicted octanol–water partition coefficient (Wildman–Crippen LogP) is 3.50. The average Bonchev–Trinajstić information content (AvgIpc) is 2.96. The molecule has 0 atom stereocenters. The molecule has 0 amide bonds. The molecule has 0 bridgehead atoms. The molecule has 0 aliphatic rings. The van der Waals surface area contributed by atoms with E-state index in [1.54, 1.807) is 19.2 Å². The first-order chi connectivity index (χ1) is 10.7. The van der Waals surface area contributed by atoms with Crippen molar-refractivity contribution in [2.75, 3.05) is 7.11 Å². The minimum absolute atomic E-state index is 0.0102. The van der Waals surface area contributed by atoms with E-state index >= 15 is 0 Å². The van der Waals surface area contributed by atoms with Gasteiger partial charge in [-0.05, 0) is 36.8 Å². The fourth-order valence-electron chi connectivity index (χ4n) is 2.14. The lowest BCUT2D eigenvalue weighted by atomic mass is 10.1. The van der Waals surface area contributed by atoms with Gasteiger partial charge in [-0.15, -0.1) is 0 Å². The molecule has 0 N–H and O–H groups in total. The van der Waals surface area contributed by atoms with Crippen molar-refractivity contribution in [1.82, 2.24) is 4.98 Å². The van der Waals surface area contributed by atoms with E-state index in [1.165, 1.54) is 0 Å². The first kappa shape index (κ1) is 14.1. The summed E-state index contributed by atoms with van der Waals surface area (Å²) in [5.41, 5.74) is 2.80. The van der Waals surface area contributed by atoms with E-state index in [0.717, 1.165) is 11.1 Å². The molecule has 0 saturated heterocycles. The molecule has 1 heterocycles. The molecule has 0 aliphatic heterocycles. The fraction of sp³-hybridized carbons (Fsp3) is 0.176. The normalized spacial score (nSPS) is 10.6. The lowest BCUT2D eigenvalue weighted by molar-refractivity contribution is 0.0440. The molecule has 0 aliphatic carbocycles. The highest BCUT2D eigenvalue weighted by Gasteiger charge is 2.12. The van der Waals surface area contributed by atoms with Gasteiger partial charge >= 0.3 is 5.97 Å². The first-order valence-electron chi connectivity index (χ1n) is 6.83. The molecule has 0 radical (unpaired) electrons. The maximum Gasteiger partial charge on any atom is 0.338 e. The van der Waals surface area contributed by atoms with Crippen molar-refractivity contribution in [3.8, 4) is 5.75 Å². The SMILES string of the molecule is COc1cc(C(=O)OCc2nc3ccccc3o2)ccc1C. The predicted molar refractivity (Wildman–Crippen MR) is 80.9 cm³/mol. The van der Waals surface area contributed by atoms with Crippen LogP contribution in [0.5, 0.6) is 5.75 Å². The molecule has 112 valence electrons. The van der Waals surface area contributed by atoms with Crippen LogP contribution in [-0.4, -0.2) is 18.1 Å². The van der Waals surface area contributed by atoms with E-state index in [4.69, 9.17) is 13.9 Å². The Morgan fingerprint density at radius 2 is 2.05 bits per heavy atom. The van der Waals surface area contributed by atoms with Gasteiger partial charge in [0.1, 0.15) is 11.3 Å². The molecule has 22 heavy (non-hydrogen) atoms. The van der Waals surface area contributed by atoms with Crippen LogP contribution in [0.1, 0.15) is 21.8 Å². The summed E-state index contributed by atoms with van der Waals surface area (Å²) < 4.78 is 15.9. The van der Waals surface area contributed by atoms with Crippen molar-refractivity contribution in [3.63, 3.8) is 0 Å². The number of rotatable bonds is 4. The smallest absolute Gasteiger partial charge is 0.338 e. The molecule has 3 rings (SSSR count). The minimum Gasteiger partial charge on any atom is -0.496 e. The van der Waals surface area contributed by atoms with Gasteiger partial charge in [0, 0.05) is 0 Å². The van der Waals surface area contributed by atoms with Crippen LogP contribution in [0, 0.1) is 6.92 Å². The van der Waals surface area contributed by atoms with Crippen LogP contribution in [0.3, 0.4) is 0 Å². The molecular weight excluding hydrogens is 282 g/mol. The largest absolute Gasteiger partial charge is 0.496 e. The van der Waals surface area contributed by atoms with Crippen molar-refractivity contribution in [3.05, 3.63) is 59.5 Å². The van der Waals surface area contributed by atoms with Gasteiger partial charge in [0.05, 0.1) is 12.7 Å². The first-order valence-corrected chi connectivity index (χ1v) is 6.83. The van der Waals surface area contributed by atoms with Gasteiger partial charge in [0.2, 0.25) is 5.89 Å². The Bertz CT molecular complexity index is 789. The number of esters is 1. The molecule has 2 aromatic carbocycles. The number of nitrogens with zero attached hydrogens (tertiary/aromatic N) is 1. The van der Waals surface area contributed by atoms with Crippen LogP contribution in [0.25, 0.3) is 11.1 Å². The Hall–Kier alpha value is -2.82. The summed E-state index contributed by atoms with van der Waals surface area (Å²) in [6.07, 6.45) is 0. The number of fused-ring (bicyclic) bond motifs is 1. The van der Waals surface area contributed by atoms with E-state index in [-0.39, 0.29) is 6.61 Å². The van der Waals surface area contributed by atoms with Crippen LogP contribution in [-0.2, 0) is 11.3 Å². The number of aryl methyl sites for hydroxylation is 1. The minimum atomic E-state index is -0.444. The second-order valence-corrected chi connectivity index (χ2v) is 4.84. The average molecular weight is 297 g/mol. The van der Waals surface area contributed by atoms with Gasteiger partial charge in [-0.25, -0.2) is 9.78 Å². The Kier molecular flexibility index (Phi) is 3.78. The van der Waals surface area contributed by atoms with Crippen LogP contribution < -0.4 is 4.74 Å². The number of oxazole rings is 1. The van der Waals surface area contributed by atoms with Gasteiger partial charge in [-0.3, -0.25) is 0 Å². The second-order valence-electron chi connectivity index (χ2n) is 4.84. The summed E-state index contributed by atoms with van der Waals surface area (Å²) in [7, 11) is 1.57. The van der Waals surface area contributed by atoms with E-state index in [9.17, 15) is 4.79 Å². The molecule has 0 saturated carbocycles. The summed E-state index contributed by atoms with van der Waals surface area (Å²) in [5.74, 6) is 0.575. The molecule has 5 heteroatoms. The number of aromatic nitrogens is 1. The zero-order chi connectivity index (χ0) is 15.5. The van der Waals surface area contributed by atoms with Crippen LogP contribution in [0.2, 0.25) is 0 Å². The molecule has 3 aromatic rings. The van der Waals surface area contributed by atoms with Gasteiger partial charge in [0.15, 0.2) is 12.2 Å². The van der Waals surface area contributed by atoms with Crippen molar-refractivity contribution < 1.29 is 18.7 Å². The van der Waals surface area contributed by atoms with Crippen LogP contribution >= 0.6 is 0 Å². The maximum atomic E-state index is 12.1. The Balaban J connectivity index is 1.71. The van der Waals surface area contributed by atoms with E-state index < -0.39 is 5.97 Å². The molecule has 0 fully saturated rings. The summed E-state index contributed by atoms with van der Waals surface area (Å²) in [6.45, 7) is 1.90. The molecular formula is C17H15NO4. The van der Waals surface area contributed by atoms with Crippen LogP contribution in [0.4, 0.5) is 0 Å². The molecule has 0 spiro atoms. The topological polar surface area (TPSA) is 61.6 Å². The number of carbonyl (C=O) groups excluding carboxylic acids is 1. The Morgan fingerprint density at radius 3 is 2.82 bits per heavy atom. The molecule has 1 aromatic heterocycles. The van der Waals surface area contributed by atoms with Crippen LogP contribution in [0.15, 0.2) is 46.9 Å². The van der Waals surface area contributed by atoms with Gasteiger partial charge in [0.25, 0.3) is 0 Å². The lowest BCUT2D eigenvalue weighted by Crippen LogP contribution is -2.06. The number of hydrogen-bond acceptors (Lipinski definition) is 5. The number of hydrogen-bond donors (Lipinski definition) is 0. The fourth-order valence-corrected chi connectivity index (χ4v) is 2.14. The van der Waals surface area contributed by atoms with E-state index in [2.05, 4.69) is 4.98 Å². The van der Waals surface area contributed by atoms with Crippen molar-refractivity contribution in [2.45, 2.75) is 13.5 Å². The van der Waals surface area contributed by atoms with E-state index in [1.807, 2.05) is 37.3 Å². The Labute approximate surface area is 127 Å². The maximum absolute atomic E-state index is 12.1. The van der Waals surface area contributed by atoms with Gasteiger partial charge < -0.3 is 13.9 Å². The summed E-state index contributed by atoms with van der Waals surface area (Å²) in [6, 6.07) is 12.6. The monoisotopic (exact) mass is 297 g/mol. The van der Waals surface area contributed by atoms with Crippen molar-refractivity contribution >= 4 is 17.1 Å². The number of para-hydroxylation sites is 2. The number of ether oxygens (including phenoxy) is 2. The van der Waals surface area contributed by atoms with Gasteiger partial charge in [-0.1, -0.05) is 18.2 Å². The lowest BCUT2D eigenvalue weighted by Gasteiger charge is -2.07. The number of benzene rings is 2. The van der Waals surface area contributed by atoms with Gasteiger partial charge in [-0.2, -0.15) is 0 Å². The zero-order valence-corrected chi connectivity index (χ0v) is 12.3. The van der Waals surface area contributed by atoms with Crippen molar-refractivity contribution in [2.24, 2.45) is 0 Å². The highest BCUT2D eigenvalue weighted by atomic mass is 16.5. The number of carbonyl (C=O) groups is 1. The standard InChI is InChI=1S/C17H15NO4/c1-11-7-8-12(9-15(11)20-2)17(19)21-10-16-18-13-5-3-4-6-14(13)22-16/h3-9H,10H2,1-2H3. The third-order valence-corrected chi connectivity index (χ3v) is 3.31. The highest BCUT2D eigenvalue weighted by Crippen LogP contribution is 2.20. The third kappa shape index (κ3) is 2.79. The second kappa shape index (κ2) is 5.89. The quantitative estimate of drug-likeness (QED) is 0.690. The Morgan fingerprint density at radius 1 is 1.23 bits per heavy atom. The number of methoxy groups -OCH3 is 1. The van der Waals surface area contributed by atoms with E-state index in [0.29, 0.717) is 22.8 Å².